The fraction of sp³-hybridized carbons (Fsp3) is 0.881. The molecule has 0 amide bonds. The first kappa shape index (κ1) is 72.7. The number of aliphatic hydroxyl groups excluding tert-OH is 12. The molecule has 17 N–H and O–H groups in total. The van der Waals surface area contributed by atoms with Crippen LogP contribution in [-0.4, -0.2) is 233 Å². The second-order valence-electron chi connectivity index (χ2n) is 15.1. The van der Waals surface area contributed by atoms with Crippen LogP contribution in [0.2, 0.25) is 0 Å². The molecule has 0 fully saturated rings. The van der Waals surface area contributed by atoms with Crippen LogP contribution in [0.5, 0.6) is 0 Å². The van der Waals surface area contributed by atoms with Gasteiger partial charge in [-0.1, -0.05) is 0 Å². The number of aliphatic hydroxyl groups is 13. The number of esters is 1. The Bertz CT molecular complexity index is 1140. The van der Waals surface area contributed by atoms with Crippen LogP contribution in [0.3, 0.4) is 0 Å². The molecule has 25 heteroatoms. The van der Waals surface area contributed by atoms with Gasteiger partial charge in [0.05, 0.1) is 55.3 Å². The van der Waals surface area contributed by atoms with Crippen LogP contribution >= 0.6 is 0 Å². The van der Waals surface area contributed by atoms with Crippen LogP contribution in [0.25, 0.3) is 0 Å². The summed E-state index contributed by atoms with van der Waals surface area (Å²) in [5.74, 6) is -4.48. The molecule has 0 bridgehead atoms. The molecule has 0 radical (unpaired) electrons. The van der Waals surface area contributed by atoms with E-state index in [1.807, 2.05) is 0 Å². The Balaban J connectivity index is -0.000000685. The molecule has 0 aliphatic heterocycles. The second kappa shape index (κ2) is 40.6. The monoisotopic (exact) mass is 989 g/mol. The molecule has 0 heterocycles. The predicted octanol–water partition coefficient (Wildman–Crippen LogP) is -2.69. The average molecular weight is 989 g/mol. The normalized spacial score (nSPS) is 11.9. The van der Waals surface area contributed by atoms with Crippen LogP contribution in [0, 0.1) is 16.2 Å². The number of carbonyl (C=O) groups is 5. The summed E-state index contributed by atoms with van der Waals surface area (Å²) in [6, 6.07) is 0. The number of carbonyl (C=O) groups excluding carboxylic acids is 1. The van der Waals surface area contributed by atoms with Gasteiger partial charge in [-0.15, -0.1) is 0 Å². The quantitative estimate of drug-likeness (QED) is 0.0292. The van der Waals surface area contributed by atoms with E-state index in [2.05, 4.69) is 0 Å². The second-order valence-corrected chi connectivity index (χ2v) is 15.1. The molecular formula is C42H84O25. The van der Waals surface area contributed by atoms with Crippen LogP contribution in [-0.2, 0) is 38.2 Å². The number of carboxylic acids is 4. The van der Waals surface area contributed by atoms with Gasteiger partial charge < -0.3 is 101 Å². The summed E-state index contributed by atoms with van der Waals surface area (Å²) in [6.07, 6.45) is -5.45. The van der Waals surface area contributed by atoms with Crippen molar-refractivity contribution in [3.63, 3.8) is 0 Å². The summed E-state index contributed by atoms with van der Waals surface area (Å²) in [5.41, 5.74) is -13.0. The number of rotatable bonds is 34. The minimum absolute atomic E-state index is 0.309. The molecule has 0 aromatic heterocycles. The molecule has 67 heavy (non-hydrogen) atoms. The zero-order chi connectivity index (χ0) is 53.4. The third kappa shape index (κ3) is 24.2. The maximum atomic E-state index is 15.6. The molecule has 0 aromatic rings. The van der Waals surface area contributed by atoms with Crippen molar-refractivity contribution in [2.24, 2.45) is 16.2 Å². The van der Waals surface area contributed by atoms with Gasteiger partial charge in [-0.25, -0.2) is 0 Å². The zero-order valence-electron chi connectivity index (χ0n) is 39.8. The maximum Gasteiger partial charge on any atom is 0.313 e. The van der Waals surface area contributed by atoms with E-state index in [-0.39, 0.29) is 6.61 Å². The van der Waals surface area contributed by atoms with Gasteiger partial charge in [-0.3, -0.25) is 24.0 Å². The van der Waals surface area contributed by atoms with Crippen LogP contribution in [0.15, 0.2) is 0 Å². The highest BCUT2D eigenvalue weighted by Gasteiger charge is 2.78. The summed E-state index contributed by atoms with van der Waals surface area (Å²) in [5, 5.41) is 169. The Morgan fingerprint density at radius 3 is 0.791 bits per heavy atom. The Morgan fingerprint density at radius 2 is 0.612 bits per heavy atom. The molecule has 402 valence electrons. The minimum Gasteiger partial charge on any atom is -0.481 e. The van der Waals surface area contributed by atoms with Gasteiger partial charge in [0.2, 0.25) is 0 Å². The SMILES string of the molecule is CC(=O)O.CC(=O)O.CC(=O)O.CC(=O)O.CCOC(=O)C(CC(O)(CCO)CCO)(C(CCO)(CCO)C(CCO)(CCO)OCCO)C(CCO)(CCO)C(CCO)(CCO)OCCO. The van der Waals surface area contributed by atoms with Crippen LogP contribution < -0.4 is 0 Å². The van der Waals surface area contributed by atoms with Crippen molar-refractivity contribution < 1.29 is 125 Å². The van der Waals surface area contributed by atoms with Crippen molar-refractivity contribution in [3.05, 3.63) is 0 Å². The largest absolute Gasteiger partial charge is 0.481 e. The molecule has 0 saturated carbocycles. The van der Waals surface area contributed by atoms with Gasteiger partial charge in [0.1, 0.15) is 0 Å². The van der Waals surface area contributed by atoms with Crippen molar-refractivity contribution in [3.8, 4) is 0 Å². The standard InChI is InChI=1S/C34H68O17.4C2H4O2/c1-2-49-28(47)34(27-29(48,3-13-35)4-14-36,30(5-15-37,6-16-38)32(9-19-41,10-20-42)50-25-23-45)31(7-17-39,8-18-40)33(11-21-43,12-22-44)51-26-24-46;4*1-2(3)4/h35-46,48H,2-27H2,1H3;4*1H3,(H,3,4). The van der Waals surface area contributed by atoms with Crippen molar-refractivity contribution in [2.75, 3.05) is 99.1 Å². The number of hydrogen-bond acceptors (Lipinski definition) is 21. The topological polar surface area (TPSA) is 457 Å². The Hall–Kier alpha value is -3.25. The molecule has 0 rings (SSSR count). The molecule has 0 atom stereocenters. The molecule has 0 spiro atoms. The minimum atomic E-state index is -2.54. The Morgan fingerprint density at radius 1 is 0.388 bits per heavy atom. The van der Waals surface area contributed by atoms with E-state index >= 15 is 4.79 Å². The lowest BCUT2D eigenvalue weighted by Crippen LogP contribution is -2.75. The van der Waals surface area contributed by atoms with Gasteiger partial charge in [-0.2, -0.15) is 0 Å². The smallest absolute Gasteiger partial charge is 0.313 e. The number of carboxylic acid groups (broad SMARTS) is 4. The van der Waals surface area contributed by atoms with Crippen molar-refractivity contribution in [1.29, 1.82) is 0 Å². The lowest BCUT2D eigenvalue weighted by Gasteiger charge is -2.69. The number of aliphatic carboxylic acids is 4. The van der Waals surface area contributed by atoms with E-state index in [1.54, 1.807) is 0 Å². The summed E-state index contributed by atoms with van der Waals surface area (Å²) in [7, 11) is 0. The van der Waals surface area contributed by atoms with E-state index in [4.69, 9.17) is 53.8 Å². The third-order valence-electron chi connectivity index (χ3n) is 10.9. The molecule has 0 saturated heterocycles. The maximum absolute atomic E-state index is 15.6. The zero-order valence-corrected chi connectivity index (χ0v) is 39.8. The summed E-state index contributed by atoms with van der Waals surface area (Å²) < 4.78 is 18.6. The summed E-state index contributed by atoms with van der Waals surface area (Å²) in [4.78, 5) is 51.6. The van der Waals surface area contributed by atoms with Gasteiger partial charge in [0, 0.05) is 130 Å². The predicted molar refractivity (Wildman–Crippen MR) is 235 cm³/mol. The van der Waals surface area contributed by atoms with Crippen molar-refractivity contribution in [2.45, 2.75) is 122 Å². The highest BCUT2D eigenvalue weighted by Crippen LogP contribution is 2.72. The van der Waals surface area contributed by atoms with Crippen LogP contribution in [0.1, 0.15) is 105 Å². The molecule has 25 nitrogen and oxygen atoms in total. The first-order valence-electron chi connectivity index (χ1n) is 21.6. The molecule has 0 aliphatic carbocycles. The third-order valence-corrected chi connectivity index (χ3v) is 10.9. The number of hydrogen-bond donors (Lipinski definition) is 17. The van der Waals surface area contributed by atoms with E-state index in [1.165, 1.54) is 6.92 Å². The van der Waals surface area contributed by atoms with Gasteiger partial charge in [0.15, 0.2) is 0 Å². The molecule has 0 aliphatic rings. The van der Waals surface area contributed by atoms with Gasteiger partial charge in [0.25, 0.3) is 23.9 Å². The first-order chi connectivity index (χ1) is 31.3. The fourth-order valence-electron chi connectivity index (χ4n) is 9.26. The van der Waals surface area contributed by atoms with Crippen molar-refractivity contribution >= 4 is 29.8 Å². The van der Waals surface area contributed by atoms with E-state index in [0.29, 0.717) is 0 Å². The summed E-state index contributed by atoms with van der Waals surface area (Å²) in [6.45, 7) is -3.71. The Kier molecular flexibility index (Phi) is 44.1. The average Bonchev–Trinajstić information content (AvgIpc) is 3.20. The van der Waals surface area contributed by atoms with Crippen LogP contribution in [0.4, 0.5) is 0 Å². The highest BCUT2D eigenvalue weighted by atomic mass is 16.5. The summed E-state index contributed by atoms with van der Waals surface area (Å²) >= 11 is 0. The Labute approximate surface area is 391 Å². The van der Waals surface area contributed by atoms with E-state index in [9.17, 15) is 66.4 Å². The number of ether oxygens (including phenoxy) is 3. The van der Waals surface area contributed by atoms with Crippen molar-refractivity contribution in [1.82, 2.24) is 0 Å². The lowest BCUT2D eigenvalue weighted by atomic mass is 9.36. The van der Waals surface area contributed by atoms with E-state index < -0.39 is 226 Å². The molecular weight excluding hydrogens is 904 g/mol. The fourth-order valence-corrected chi connectivity index (χ4v) is 9.26. The van der Waals surface area contributed by atoms with Gasteiger partial charge in [-0.05, 0) is 51.9 Å². The van der Waals surface area contributed by atoms with Gasteiger partial charge >= 0.3 is 5.97 Å². The molecule has 0 aromatic carbocycles. The first-order valence-corrected chi connectivity index (χ1v) is 21.6. The van der Waals surface area contributed by atoms with E-state index in [0.717, 1.165) is 27.7 Å². The lowest BCUT2D eigenvalue weighted by molar-refractivity contribution is -0.308. The highest BCUT2D eigenvalue weighted by molar-refractivity contribution is 5.80. The molecule has 0 unspecified atom stereocenters.